The summed E-state index contributed by atoms with van der Waals surface area (Å²) in [7, 11) is 0. The molecule has 0 aliphatic rings. The summed E-state index contributed by atoms with van der Waals surface area (Å²) in [4.78, 5) is 4.21. The van der Waals surface area contributed by atoms with Gasteiger partial charge in [-0.05, 0) is 44.0 Å². The lowest BCUT2D eigenvalue weighted by molar-refractivity contribution is 1.38. The smallest absolute Gasteiger partial charge is 0.0915 e. The summed E-state index contributed by atoms with van der Waals surface area (Å²) >= 11 is 18.9. The van der Waals surface area contributed by atoms with E-state index in [4.69, 9.17) is 23.2 Å². The molecule has 72 valence electrons. The summed E-state index contributed by atoms with van der Waals surface area (Å²) in [6.07, 6.45) is 1.69. The molecule has 0 aliphatic heterocycles. The second-order valence-corrected chi connectivity index (χ2v) is 5.13. The van der Waals surface area contributed by atoms with Gasteiger partial charge in [-0.2, -0.15) is 0 Å². The third kappa shape index (κ3) is 1.67. The van der Waals surface area contributed by atoms with Crippen LogP contribution in [0.1, 0.15) is 0 Å². The molecular weight excluding hydrogens is 353 g/mol. The maximum absolute atomic E-state index is 6.06. The number of pyridine rings is 1. The Hall–Kier alpha value is 0.170. The van der Waals surface area contributed by atoms with Gasteiger partial charge in [0.1, 0.15) is 0 Å². The molecule has 0 saturated carbocycles. The molecule has 0 radical (unpaired) electrons. The van der Waals surface area contributed by atoms with Crippen molar-refractivity contribution in [3.63, 3.8) is 0 Å². The predicted molar refractivity (Wildman–Crippen MR) is 67.2 cm³/mol. The van der Waals surface area contributed by atoms with Crippen molar-refractivity contribution in [3.8, 4) is 0 Å². The van der Waals surface area contributed by atoms with Crippen LogP contribution in [0.5, 0.6) is 0 Å². The van der Waals surface area contributed by atoms with Crippen LogP contribution in [0.4, 0.5) is 0 Å². The molecule has 0 atom stereocenters. The van der Waals surface area contributed by atoms with Gasteiger partial charge < -0.3 is 0 Å². The molecule has 1 heterocycles. The summed E-state index contributed by atoms with van der Waals surface area (Å²) in [6.45, 7) is 0. The van der Waals surface area contributed by atoms with E-state index in [0.29, 0.717) is 15.6 Å². The molecule has 2 rings (SSSR count). The van der Waals surface area contributed by atoms with E-state index < -0.39 is 0 Å². The Morgan fingerprint density at radius 2 is 1.71 bits per heavy atom. The maximum Gasteiger partial charge on any atom is 0.0915 e. The van der Waals surface area contributed by atoms with E-state index in [9.17, 15) is 0 Å². The van der Waals surface area contributed by atoms with Gasteiger partial charge in [0.2, 0.25) is 0 Å². The Kier molecular flexibility index (Phi) is 3.03. The molecule has 0 unspecified atom stereocenters. The van der Waals surface area contributed by atoms with E-state index >= 15 is 0 Å². The van der Waals surface area contributed by atoms with Crippen molar-refractivity contribution >= 4 is 66.0 Å². The van der Waals surface area contributed by atoms with Crippen LogP contribution < -0.4 is 0 Å². The summed E-state index contributed by atoms with van der Waals surface area (Å²) in [5.41, 5.74) is 0.703. The Morgan fingerprint density at radius 1 is 1.07 bits per heavy atom. The van der Waals surface area contributed by atoms with Crippen molar-refractivity contribution < 1.29 is 0 Å². The van der Waals surface area contributed by atoms with Gasteiger partial charge in [0.25, 0.3) is 0 Å². The third-order valence-corrected chi connectivity index (χ3v) is 4.39. The average Bonchev–Trinajstić information content (AvgIpc) is 2.16. The number of fused-ring (bicyclic) bond motifs is 1. The zero-order valence-electron chi connectivity index (χ0n) is 6.69. The van der Waals surface area contributed by atoms with E-state index in [1.54, 1.807) is 18.3 Å². The molecule has 0 bridgehead atoms. The van der Waals surface area contributed by atoms with Gasteiger partial charge >= 0.3 is 0 Å². The second kappa shape index (κ2) is 3.97. The van der Waals surface area contributed by atoms with Crippen LogP contribution >= 0.6 is 55.1 Å². The van der Waals surface area contributed by atoms with Crippen LogP contribution in [0, 0.1) is 0 Å². The number of aromatic nitrogens is 1. The molecule has 0 N–H and O–H groups in total. The lowest BCUT2D eigenvalue weighted by Gasteiger charge is -2.05. The van der Waals surface area contributed by atoms with Gasteiger partial charge in [-0.1, -0.05) is 23.2 Å². The van der Waals surface area contributed by atoms with Gasteiger partial charge in [-0.15, -0.1) is 0 Å². The van der Waals surface area contributed by atoms with Crippen molar-refractivity contribution in [2.75, 3.05) is 0 Å². The van der Waals surface area contributed by atoms with Crippen LogP contribution in [0.15, 0.2) is 27.3 Å². The fraction of sp³-hybridized carbons (Fsp3) is 0. The van der Waals surface area contributed by atoms with E-state index in [2.05, 4.69) is 36.8 Å². The molecule has 14 heavy (non-hydrogen) atoms. The van der Waals surface area contributed by atoms with Crippen LogP contribution in [-0.4, -0.2) is 4.98 Å². The summed E-state index contributed by atoms with van der Waals surface area (Å²) in [5.74, 6) is 0. The van der Waals surface area contributed by atoms with E-state index in [-0.39, 0.29) is 0 Å². The maximum atomic E-state index is 6.06. The molecule has 0 fully saturated rings. The molecule has 2 aromatic rings. The number of benzene rings is 1. The van der Waals surface area contributed by atoms with Gasteiger partial charge in [-0.3, -0.25) is 4.98 Å². The Labute approximate surface area is 108 Å². The molecule has 0 spiro atoms. The van der Waals surface area contributed by atoms with Gasteiger partial charge in [0, 0.05) is 16.1 Å². The minimum absolute atomic E-state index is 0.595. The molecular formula is C9H3Br2Cl2N. The predicted octanol–water partition coefficient (Wildman–Crippen LogP) is 5.07. The largest absolute Gasteiger partial charge is 0.253 e. The number of hydrogen-bond donors (Lipinski definition) is 0. The van der Waals surface area contributed by atoms with Gasteiger partial charge in [-0.25, -0.2) is 0 Å². The van der Waals surface area contributed by atoms with Crippen molar-refractivity contribution in [3.05, 3.63) is 37.3 Å². The fourth-order valence-electron chi connectivity index (χ4n) is 1.17. The monoisotopic (exact) mass is 353 g/mol. The lowest BCUT2D eigenvalue weighted by Crippen LogP contribution is -1.84. The molecule has 0 amide bonds. The quantitative estimate of drug-likeness (QED) is 0.643. The van der Waals surface area contributed by atoms with E-state index in [0.717, 1.165) is 14.3 Å². The number of nitrogens with zero attached hydrogens (tertiary/aromatic N) is 1. The number of hydrogen-bond acceptors (Lipinski definition) is 1. The first kappa shape index (κ1) is 10.7. The fourth-order valence-corrected chi connectivity index (χ4v) is 2.55. The highest BCUT2D eigenvalue weighted by Crippen LogP contribution is 2.37. The molecule has 5 heteroatoms. The first-order valence-corrected chi connectivity index (χ1v) is 6.03. The van der Waals surface area contributed by atoms with Crippen molar-refractivity contribution in [1.82, 2.24) is 4.98 Å². The summed E-state index contributed by atoms with van der Waals surface area (Å²) in [5, 5.41) is 2.05. The molecule has 0 aliphatic carbocycles. The van der Waals surface area contributed by atoms with Gasteiger partial charge in [0.15, 0.2) is 0 Å². The van der Waals surface area contributed by atoms with E-state index in [1.807, 2.05) is 0 Å². The van der Waals surface area contributed by atoms with Crippen LogP contribution in [-0.2, 0) is 0 Å². The molecule has 1 aromatic heterocycles. The van der Waals surface area contributed by atoms with Crippen molar-refractivity contribution in [2.45, 2.75) is 0 Å². The first-order chi connectivity index (χ1) is 6.61. The van der Waals surface area contributed by atoms with Crippen molar-refractivity contribution in [1.29, 1.82) is 0 Å². The highest BCUT2D eigenvalue weighted by atomic mass is 79.9. The Bertz CT molecular complexity index is 514. The number of rotatable bonds is 0. The SMILES string of the molecule is Clc1ccc(Cl)c2c(Br)c(Br)cnc12. The topological polar surface area (TPSA) is 12.9 Å². The second-order valence-electron chi connectivity index (χ2n) is 2.67. The normalized spacial score (nSPS) is 10.9. The van der Waals surface area contributed by atoms with Gasteiger partial charge in [0.05, 0.1) is 20.0 Å². The Morgan fingerprint density at radius 3 is 2.43 bits per heavy atom. The van der Waals surface area contributed by atoms with Crippen LogP contribution in [0.3, 0.4) is 0 Å². The first-order valence-electron chi connectivity index (χ1n) is 3.69. The highest BCUT2D eigenvalue weighted by Gasteiger charge is 2.10. The molecule has 1 aromatic carbocycles. The lowest BCUT2D eigenvalue weighted by atomic mass is 10.2. The standard InChI is InChI=1S/C9H3Br2Cl2N/c10-4-3-14-9-6(13)2-1-5(12)7(9)8(4)11/h1-3H. The summed E-state index contributed by atoms with van der Waals surface area (Å²) in [6, 6.07) is 3.49. The van der Waals surface area contributed by atoms with Crippen LogP contribution in [0.2, 0.25) is 10.0 Å². The minimum Gasteiger partial charge on any atom is -0.253 e. The minimum atomic E-state index is 0.595. The van der Waals surface area contributed by atoms with E-state index in [1.165, 1.54) is 0 Å². The molecule has 0 saturated heterocycles. The Balaban J connectivity index is 3.01. The van der Waals surface area contributed by atoms with Crippen LogP contribution in [0.25, 0.3) is 10.9 Å². The van der Waals surface area contributed by atoms with Crippen molar-refractivity contribution in [2.24, 2.45) is 0 Å². The zero-order valence-corrected chi connectivity index (χ0v) is 11.4. The zero-order chi connectivity index (χ0) is 10.3. The third-order valence-electron chi connectivity index (χ3n) is 1.81. The number of halogens is 4. The molecule has 1 nitrogen and oxygen atoms in total. The summed E-state index contributed by atoms with van der Waals surface area (Å²) < 4.78 is 1.73. The highest BCUT2D eigenvalue weighted by molar-refractivity contribution is 9.13. The average molecular weight is 356 g/mol.